The molecule has 6 nitrogen and oxygen atoms in total. The van der Waals surface area contributed by atoms with Crippen LogP contribution in [0.25, 0.3) is 34.3 Å². The Morgan fingerprint density at radius 1 is 0.923 bits per heavy atom. The van der Waals surface area contributed by atoms with Gasteiger partial charge in [0.05, 0.1) is 24.7 Å². The smallest absolute Gasteiger partial charge is 0.268 e. The zero-order chi connectivity index (χ0) is 17.9. The minimum absolute atomic E-state index is 0. The van der Waals surface area contributed by atoms with Gasteiger partial charge in [-0.25, -0.2) is 4.98 Å². The zero-order valence-corrected chi connectivity index (χ0v) is 14.4. The number of para-hydroxylation sites is 1. The lowest BCUT2D eigenvalue weighted by Crippen LogP contribution is -1.97. The minimum atomic E-state index is 0. The summed E-state index contributed by atoms with van der Waals surface area (Å²) in [6.07, 6.45) is 1.71. The van der Waals surface area contributed by atoms with E-state index < -0.39 is 0 Å². The highest BCUT2D eigenvalue weighted by molar-refractivity contribution is 5.68. The summed E-state index contributed by atoms with van der Waals surface area (Å²) in [5.41, 5.74) is 3.67. The standard InChI is InChI=1S/C20H16N4O2.H2/c1-13-18(20-24-23-19(26-20)14-8-4-3-5-9-14)22-16(12-21-13)15-10-6-7-11-17(15)25-2;/h3-12H,1-2H3;1H. The van der Waals surface area contributed by atoms with Gasteiger partial charge >= 0.3 is 0 Å². The lowest BCUT2D eigenvalue weighted by atomic mass is 10.1. The monoisotopic (exact) mass is 346 g/mol. The Hall–Kier alpha value is -3.54. The van der Waals surface area contributed by atoms with E-state index in [9.17, 15) is 0 Å². The zero-order valence-electron chi connectivity index (χ0n) is 14.4. The van der Waals surface area contributed by atoms with Crippen molar-refractivity contribution in [3.8, 4) is 40.0 Å². The van der Waals surface area contributed by atoms with Crippen LogP contribution >= 0.6 is 0 Å². The number of hydrogen-bond acceptors (Lipinski definition) is 6. The third-order valence-corrected chi connectivity index (χ3v) is 3.99. The first-order valence-corrected chi connectivity index (χ1v) is 8.12. The van der Waals surface area contributed by atoms with Crippen molar-refractivity contribution < 1.29 is 10.6 Å². The third kappa shape index (κ3) is 2.93. The SMILES string of the molecule is COc1ccccc1-c1cnc(C)c(-c2nnc(-c3ccccc3)o2)n1.[HH]. The van der Waals surface area contributed by atoms with E-state index in [0.717, 1.165) is 16.9 Å². The lowest BCUT2D eigenvalue weighted by Gasteiger charge is -2.08. The van der Waals surface area contributed by atoms with Gasteiger partial charge in [0.25, 0.3) is 5.89 Å². The van der Waals surface area contributed by atoms with Crippen LogP contribution in [0.1, 0.15) is 7.12 Å². The number of methoxy groups -OCH3 is 1. The topological polar surface area (TPSA) is 73.9 Å². The predicted octanol–water partition coefficient (Wildman–Crippen LogP) is 4.42. The van der Waals surface area contributed by atoms with Gasteiger partial charge in [-0.1, -0.05) is 30.3 Å². The third-order valence-electron chi connectivity index (χ3n) is 3.99. The number of aromatic nitrogens is 4. The Morgan fingerprint density at radius 3 is 2.46 bits per heavy atom. The number of benzene rings is 2. The van der Waals surface area contributed by atoms with Gasteiger partial charge in [-0.2, -0.15) is 0 Å². The van der Waals surface area contributed by atoms with Crippen LogP contribution in [0.3, 0.4) is 0 Å². The van der Waals surface area contributed by atoms with Crippen LogP contribution in [0.15, 0.2) is 65.2 Å². The van der Waals surface area contributed by atoms with Gasteiger partial charge in [0.15, 0.2) is 0 Å². The first kappa shape index (κ1) is 16.0. The molecule has 4 aromatic rings. The average molecular weight is 346 g/mol. The molecule has 0 atom stereocenters. The molecule has 0 saturated heterocycles. The Bertz CT molecular complexity index is 1050. The molecule has 2 aromatic heterocycles. The number of aryl methyl sites for hydroxylation is 1. The molecule has 0 amide bonds. The Balaban J connectivity index is 0.00000210. The first-order valence-electron chi connectivity index (χ1n) is 8.12. The second-order valence-corrected chi connectivity index (χ2v) is 5.67. The van der Waals surface area contributed by atoms with Crippen LogP contribution in [0, 0.1) is 6.92 Å². The van der Waals surface area contributed by atoms with Gasteiger partial charge in [-0.15, -0.1) is 10.2 Å². The summed E-state index contributed by atoms with van der Waals surface area (Å²) in [6.45, 7) is 1.86. The van der Waals surface area contributed by atoms with Crippen molar-refractivity contribution >= 4 is 0 Å². The molecule has 0 radical (unpaired) electrons. The average Bonchev–Trinajstić information content (AvgIpc) is 3.19. The fourth-order valence-corrected chi connectivity index (χ4v) is 2.65. The summed E-state index contributed by atoms with van der Waals surface area (Å²) in [5.74, 6) is 1.52. The molecular weight excluding hydrogens is 328 g/mol. The molecule has 4 rings (SSSR count). The molecule has 0 aliphatic carbocycles. The van der Waals surface area contributed by atoms with Crippen LogP contribution in [0.5, 0.6) is 5.75 Å². The normalized spacial score (nSPS) is 10.7. The number of hydrogen-bond donors (Lipinski definition) is 0. The fourth-order valence-electron chi connectivity index (χ4n) is 2.65. The summed E-state index contributed by atoms with van der Waals surface area (Å²) in [4.78, 5) is 9.13. The van der Waals surface area contributed by atoms with Crippen molar-refractivity contribution in [3.63, 3.8) is 0 Å². The van der Waals surface area contributed by atoms with Crippen LogP contribution < -0.4 is 4.74 Å². The number of rotatable bonds is 4. The van der Waals surface area contributed by atoms with Crippen LogP contribution in [-0.2, 0) is 0 Å². The molecule has 0 aliphatic rings. The maximum Gasteiger partial charge on any atom is 0.268 e. The van der Waals surface area contributed by atoms with E-state index in [-0.39, 0.29) is 1.43 Å². The predicted molar refractivity (Wildman–Crippen MR) is 99.6 cm³/mol. The quantitative estimate of drug-likeness (QED) is 0.544. The molecular formula is C20H18N4O2. The van der Waals surface area contributed by atoms with Crippen molar-refractivity contribution in [3.05, 3.63) is 66.5 Å². The van der Waals surface area contributed by atoms with E-state index in [1.54, 1.807) is 13.3 Å². The Kier molecular flexibility index (Phi) is 4.15. The van der Waals surface area contributed by atoms with Gasteiger partial charge in [-0.05, 0) is 31.2 Å². The molecule has 0 saturated carbocycles. The maximum absolute atomic E-state index is 5.83. The molecule has 2 heterocycles. The maximum atomic E-state index is 5.83. The van der Waals surface area contributed by atoms with Gasteiger partial charge in [0, 0.05) is 12.6 Å². The van der Waals surface area contributed by atoms with E-state index in [4.69, 9.17) is 9.15 Å². The lowest BCUT2D eigenvalue weighted by molar-refractivity contribution is 0.416. The van der Waals surface area contributed by atoms with Crippen LogP contribution in [0.2, 0.25) is 0 Å². The summed E-state index contributed by atoms with van der Waals surface area (Å²) >= 11 is 0. The van der Waals surface area contributed by atoms with E-state index >= 15 is 0 Å². The van der Waals surface area contributed by atoms with E-state index in [2.05, 4.69) is 20.2 Å². The van der Waals surface area contributed by atoms with Gasteiger partial charge in [0.2, 0.25) is 5.89 Å². The van der Waals surface area contributed by atoms with E-state index in [0.29, 0.717) is 28.9 Å². The highest BCUT2D eigenvalue weighted by Gasteiger charge is 2.17. The molecule has 0 spiro atoms. The Labute approximate surface area is 152 Å². The highest BCUT2D eigenvalue weighted by Crippen LogP contribution is 2.30. The van der Waals surface area contributed by atoms with Gasteiger partial charge in [-0.3, -0.25) is 4.98 Å². The molecule has 0 fully saturated rings. The Morgan fingerprint density at radius 2 is 1.65 bits per heavy atom. The minimum Gasteiger partial charge on any atom is -0.496 e. The van der Waals surface area contributed by atoms with Gasteiger partial charge < -0.3 is 9.15 Å². The summed E-state index contributed by atoms with van der Waals surface area (Å²) in [6, 6.07) is 17.3. The number of nitrogens with zero attached hydrogens (tertiary/aromatic N) is 4. The largest absolute Gasteiger partial charge is 0.496 e. The fraction of sp³-hybridized carbons (Fsp3) is 0.100. The number of ether oxygens (including phenoxy) is 1. The van der Waals surface area contributed by atoms with Crippen molar-refractivity contribution in [2.45, 2.75) is 6.92 Å². The second-order valence-electron chi connectivity index (χ2n) is 5.67. The molecule has 26 heavy (non-hydrogen) atoms. The van der Waals surface area contributed by atoms with Gasteiger partial charge in [0.1, 0.15) is 11.4 Å². The van der Waals surface area contributed by atoms with Crippen molar-refractivity contribution in [1.82, 2.24) is 20.2 Å². The molecule has 0 aliphatic heterocycles. The molecule has 2 aromatic carbocycles. The van der Waals surface area contributed by atoms with Crippen molar-refractivity contribution in [2.75, 3.05) is 7.11 Å². The van der Waals surface area contributed by atoms with Crippen molar-refractivity contribution in [1.29, 1.82) is 0 Å². The molecule has 130 valence electrons. The molecule has 0 unspecified atom stereocenters. The van der Waals surface area contributed by atoms with E-state index in [1.807, 2.05) is 61.5 Å². The second kappa shape index (κ2) is 6.76. The molecule has 0 N–H and O–H groups in total. The van der Waals surface area contributed by atoms with Crippen LogP contribution in [-0.4, -0.2) is 27.3 Å². The van der Waals surface area contributed by atoms with Crippen LogP contribution in [0.4, 0.5) is 0 Å². The summed E-state index contributed by atoms with van der Waals surface area (Å²) in [7, 11) is 1.63. The van der Waals surface area contributed by atoms with Crippen molar-refractivity contribution in [2.24, 2.45) is 0 Å². The van der Waals surface area contributed by atoms with E-state index in [1.165, 1.54) is 0 Å². The molecule has 0 bridgehead atoms. The first-order chi connectivity index (χ1) is 12.8. The summed E-state index contributed by atoms with van der Waals surface area (Å²) < 4.78 is 11.2. The molecule has 6 heteroatoms. The summed E-state index contributed by atoms with van der Waals surface area (Å²) in [5, 5.41) is 8.28. The highest BCUT2D eigenvalue weighted by atomic mass is 16.5.